The second-order valence-corrected chi connectivity index (χ2v) is 6.02. The van der Waals surface area contributed by atoms with Crippen molar-refractivity contribution in [3.63, 3.8) is 0 Å². The van der Waals surface area contributed by atoms with E-state index in [1.165, 1.54) is 13.8 Å². The van der Waals surface area contributed by atoms with Crippen LogP contribution in [0.25, 0.3) is 0 Å². The van der Waals surface area contributed by atoms with Crippen molar-refractivity contribution < 1.29 is 23.9 Å². The number of ether oxygens (including phenoxy) is 2. The molecule has 0 saturated heterocycles. The van der Waals surface area contributed by atoms with Gasteiger partial charge in [0.1, 0.15) is 17.7 Å². The van der Waals surface area contributed by atoms with Crippen LogP contribution in [0.5, 0.6) is 0 Å². The van der Waals surface area contributed by atoms with Crippen molar-refractivity contribution in [2.24, 2.45) is 0 Å². The molecule has 0 fully saturated rings. The van der Waals surface area contributed by atoms with Crippen LogP contribution in [-0.2, 0) is 19.1 Å². The number of nitrogens with one attached hydrogen (secondary N) is 2. The number of carbonyl (C=O) groups is 3. The second kappa shape index (κ2) is 9.50. The lowest BCUT2D eigenvalue weighted by Gasteiger charge is -2.22. The van der Waals surface area contributed by atoms with Gasteiger partial charge in [0.25, 0.3) is 0 Å². The highest BCUT2D eigenvalue weighted by Crippen LogP contribution is 2.06. The van der Waals surface area contributed by atoms with E-state index in [-0.39, 0.29) is 6.61 Å². The zero-order valence-electron chi connectivity index (χ0n) is 13.3. The fourth-order valence-electron chi connectivity index (χ4n) is 1.21. The van der Waals surface area contributed by atoms with E-state index in [4.69, 9.17) is 9.47 Å². The average Bonchev–Trinajstić information content (AvgIpc) is 2.36. The zero-order chi connectivity index (χ0) is 17.3. The highest BCUT2D eigenvalue weighted by molar-refractivity contribution is 14.1. The van der Waals surface area contributed by atoms with Crippen LogP contribution >= 0.6 is 22.6 Å². The van der Waals surface area contributed by atoms with Gasteiger partial charge in [-0.05, 0) is 38.5 Å². The third-order valence-electron chi connectivity index (χ3n) is 2.19. The quantitative estimate of drug-likeness (QED) is 0.395. The fraction of sp³-hybridized carbons (Fsp3) is 0.643. The van der Waals surface area contributed by atoms with Crippen LogP contribution in [0.1, 0.15) is 34.6 Å². The minimum atomic E-state index is -0.848. The molecule has 0 spiro atoms. The van der Waals surface area contributed by atoms with E-state index in [1.54, 1.807) is 20.8 Å². The van der Waals surface area contributed by atoms with Crippen molar-refractivity contribution in [2.75, 3.05) is 6.61 Å². The molecule has 2 atom stereocenters. The number of hydrogen-bond donors (Lipinski definition) is 2. The topological polar surface area (TPSA) is 93.7 Å². The molecule has 0 saturated carbocycles. The number of amides is 2. The minimum absolute atomic E-state index is 0.0340. The molecular weight excluding hydrogens is 403 g/mol. The Balaban J connectivity index is 4.31. The summed E-state index contributed by atoms with van der Waals surface area (Å²) >= 11 is 1.83. The van der Waals surface area contributed by atoms with Crippen molar-refractivity contribution in [2.45, 2.75) is 52.3 Å². The van der Waals surface area contributed by atoms with Gasteiger partial charge in [0, 0.05) is 22.6 Å². The lowest BCUT2D eigenvalue weighted by atomic mass is 10.2. The van der Waals surface area contributed by atoms with E-state index in [1.807, 2.05) is 22.6 Å². The number of halogens is 1. The molecule has 0 aliphatic carbocycles. The zero-order valence-corrected chi connectivity index (χ0v) is 15.4. The molecule has 0 aliphatic rings. The van der Waals surface area contributed by atoms with E-state index >= 15 is 0 Å². The first-order chi connectivity index (χ1) is 10.1. The largest absolute Gasteiger partial charge is 0.451 e. The highest BCUT2D eigenvalue weighted by atomic mass is 127. The molecule has 8 heteroatoms. The first-order valence-electron chi connectivity index (χ1n) is 6.62. The molecule has 0 radical (unpaired) electrons. The van der Waals surface area contributed by atoms with E-state index < -0.39 is 35.7 Å². The molecule has 0 rings (SSSR count). The Hall–Kier alpha value is -1.50. The minimum Gasteiger partial charge on any atom is -0.451 e. The molecule has 0 aromatic heterocycles. The lowest BCUT2D eigenvalue weighted by molar-refractivity contribution is -0.146. The SMILES string of the molecule is C[C@H](NC(=O)[C@@H](C)NC(=O)OC(C)(C)C)C(=O)OCC#CI. The predicted molar refractivity (Wildman–Crippen MR) is 89.2 cm³/mol. The molecule has 124 valence electrons. The summed E-state index contributed by atoms with van der Waals surface area (Å²) in [5.41, 5.74) is -0.656. The van der Waals surface area contributed by atoms with Gasteiger partial charge in [-0.25, -0.2) is 9.59 Å². The summed E-state index contributed by atoms with van der Waals surface area (Å²) in [6.07, 6.45) is -0.706. The van der Waals surface area contributed by atoms with Crippen molar-refractivity contribution in [1.29, 1.82) is 0 Å². The highest BCUT2D eigenvalue weighted by Gasteiger charge is 2.24. The van der Waals surface area contributed by atoms with E-state index in [2.05, 4.69) is 20.5 Å². The summed E-state index contributed by atoms with van der Waals surface area (Å²) in [4.78, 5) is 35.0. The molecule has 0 bridgehead atoms. The Morgan fingerprint density at radius 2 is 1.73 bits per heavy atom. The molecule has 0 unspecified atom stereocenters. The normalized spacial score (nSPS) is 13.0. The molecule has 0 aromatic carbocycles. The molecule has 22 heavy (non-hydrogen) atoms. The average molecular weight is 424 g/mol. The van der Waals surface area contributed by atoms with Crippen LogP contribution in [0.4, 0.5) is 4.79 Å². The Labute approximate surface area is 144 Å². The lowest BCUT2D eigenvalue weighted by Crippen LogP contribution is -2.50. The van der Waals surface area contributed by atoms with Crippen molar-refractivity contribution in [1.82, 2.24) is 10.6 Å². The van der Waals surface area contributed by atoms with Gasteiger partial charge in [0.15, 0.2) is 6.61 Å². The smallest absolute Gasteiger partial charge is 0.408 e. The van der Waals surface area contributed by atoms with E-state index in [0.717, 1.165) is 0 Å². The van der Waals surface area contributed by atoms with Gasteiger partial charge in [-0.1, -0.05) is 5.92 Å². The summed E-state index contributed by atoms with van der Waals surface area (Å²) < 4.78 is 12.4. The number of alkyl carbamates (subject to hydrolysis) is 1. The van der Waals surface area contributed by atoms with Crippen LogP contribution < -0.4 is 10.6 Å². The maximum absolute atomic E-state index is 11.9. The molecule has 0 aliphatic heterocycles. The first kappa shape index (κ1) is 20.5. The summed E-state index contributed by atoms with van der Waals surface area (Å²) in [5.74, 6) is 1.45. The van der Waals surface area contributed by atoms with E-state index in [0.29, 0.717) is 0 Å². The number of rotatable bonds is 5. The van der Waals surface area contributed by atoms with Crippen LogP contribution in [0.2, 0.25) is 0 Å². The van der Waals surface area contributed by atoms with Crippen molar-refractivity contribution in [3.05, 3.63) is 0 Å². The summed E-state index contributed by atoms with van der Waals surface area (Å²) in [7, 11) is 0. The number of esters is 1. The third-order valence-corrected chi connectivity index (χ3v) is 2.57. The number of hydrogen-bond acceptors (Lipinski definition) is 5. The van der Waals surface area contributed by atoms with Gasteiger partial charge in [-0.15, -0.1) is 0 Å². The van der Waals surface area contributed by atoms with Gasteiger partial charge >= 0.3 is 12.1 Å². The molecule has 0 aromatic rings. The first-order valence-corrected chi connectivity index (χ1v) is 7.69. The van der Waals surface area contributed by atoms with Crippen LogP contribution in [-0.4, -0.2) is 42.3 Å². The van der Waals surface area contributed by atoms with Crippen molar-refractivity contribution in [3.8, 4) is 9.85 Å². The molecule has 0 heterocycles. The molecule has 7 nitrogen and oxygen atoms in total. The summed E-state index contributed by atoms with van der Waals surface area (Å²) in [6.45, 7) is 8.08. The monoisotopic (exact) mass is 424 g/mol. The number of carbonyl (C=O) groups excluding carboxylic acids is 3. The standard InChI is InChI=1S/C14H21IN2O5/c1-9(17-13(20)22-14(3,4)5)11(18)16-10(2)12(19)21-8-6-7-15/h9-10H,8H2,1-5H3,(H,16,18)(H,17,20)/t9-,10+/m1/s1. The second-order valence-electron chi connectivity index (χ2n) is 5.48. The van der Waals surface area contributed by atoms with Gasteiger partial charge < -0.3 is 20.1 Å². The summed E-state index contributed by atoms with van der Waals surface area (Å²) in [5, 5.41) is 4.82. The Morgan fingerprint density at radius 3 is 2.23 bits per heavy atom. The fourth-order valence-corrected chi connectivity index (χ4v) is 1.36. The Morgan fingerprint density at radius 1 is 1.14 bits per heavy atom. The molecular formula is C14H21IN2O5. The van der Waals surface area contributed by atoms with Crippen LogP contribution in [0.15, 0.2) is 0 Å². The Bertz CT molecular complexity index is 476. The van der Waals surface area contributed by atoms with Crippen LogP contribution in [0, 0.1) is 9.85 Å². The van der Waals surface area contributed by atoms with Crippen LogP contribution in [0.3, 0.4) is 0 Å². The summed E-state index contributed by atoms with van der Waals surface area (Å²) in [6, 6.07) is -1.69. The van der Waals surface area contributed by atoms with E-state index in [9.17, 15) is 14.4 Å². The molecule has 2 N–H and O–H groups in total. The van der Waals surface area contributed by atoms with Crippen molar-refractivity contribution >= 4 is 40.6 Å². The predicted octanol–water partition coefficient (Wildman–Crippen LogP) is 1.34. The van der Waals surface area contributed by atoms with Gasteiger partial charge in [0.2, 0.25) is 5.91 Å². The van der Waals surface area contributed by atoms with Gasteiger partial charge in [-0.3, -0.25) is 4.79 Å². The maximum Gasteiger partial charge on any atom is 0.408 e. The van der Waals surface area contributed by atoms with Gasteiger partial charge in [-0.2, -0.15) is 0 Å². The third kappa shape index (κ3) is 9.44. The Kier molecular flexibility index (Phi) is 8.86. The molecule has 2 amide bonds. The maximum atomic E-state index is 11.9. The van der Waals surface area contributed by atoms with Gasteiger partial charge in [0.05, 0.1) is 0 Å².